The molecule has 0 unspecified atom stereocenters. The Labute approximate surface area is 115 Å². The van der Waals surface area contributed by atoms with Gasteiger partial charge in [0.2, 0.25) is 0 Å². The standard InChI is InChI=1S/C9H8ClN.C6H4O2/c1-6-4-7-5-8(10)2-3-9(7)11-6;7-5-1-2-6(8)4-3-5/h2-5,11H,1H3;1-4H. The molecule has 0 atom stereocenters. The van der Waals surface area contributed by atoms with Crippen LogP contribution in [0.3, 0.4) is 0 Å². The van der Waals surface area contributed by atoms with Crippen molar-refractivity contribution < 1.29 is 9.59 Å². The first-order valence-corrected chi connectivity index (χ1v) is 6.11. The minimum Gasteiger partial charge on any atom is -0.359 e. The number of rotatable bonds is 0. The summed E-state index contributed by atoms with van der Waals surface area (Å²) in [5.41, 5.74) is 2.31. The van der Waals surface area contributed by atoms with Crippen LogP contribution in [0, 0.1) is 6.92 Å². The van der Waals surface area contributed by atoms with E-state index < -0.39 is 0 Å². The molecule has 0 saturated carbocycles. The Morgan fingerprint density at radius 3 is 2.11 bits per heavy atom. The first-order valence-electron chi connectivity index (χ1n) is 5.73. The van der Waals surface area contributed by atoms with Gasteiger partial charge in [0, 0.05) is 21.6 Å². The van der Waals surface area contributed by atoms with Gasteiger partial charge in [-0.2, -0.15) is 0 Å². The normalized spacial score (nSPS) is 13.6. The van der Waals surface area contributed by atoms with Gasteiger partial charge in [-0.3, -0.25) is 9.59 Å². The van der Waals surface area contributed by atoms with E-state index in [4.69, 9.17) is 11.6 Å². The molecule has 2 aromatic rings. The highest BCUT2D eigenvalue weighted by Gasteiger charge is 1.98. The summed E-state index contributed by atoms with van der Waals surface area (Å²) in [6, 6.07) is 7.92. The molecule has 1 aliphatic carbocycles. The zero-order valence-electron chi connectivity index (χ0n) is 10.3. The van der Waals surface area contributed by atoms with E-state index in [0.717, 1.165) is 10.5 Å². The zero-order chi connectivity index (χ0) is 13.8. The minimum atomic E-state index is -0.121. The summed E-state index contributed by atoms with van der Waals surface area (Å²) in [5.74, 6) is -0.241. The molecular formula is C15H12ClNO2. The molecule has 1 N–H and O–H groups in total. The van der Waals surface area contributed by atoms with E-state index in [2.05, 4.69) is 11.1 Å². The lowest BCUT2D eigenvalue weighted by atomic mass is 10.2. The molecule has 0 aliphatic heterocycles. The van der Waals surface area contributed by atoms with E-state index >= 15 is 0 Å². The molecule has 1 heterocycles. The van der Waals surface area contributed by atoms with Crippen molar-refractivity contribution in [1.82, 2.24) is 4.98 Å². The second-order valence-corrected chi connectivity index (χ2v) is 4.59. The molecule has 0 fully saturated rings. The van der Waals surface area contributed by atoms with Crippen molar-refractivity contribution in [2.45, 2.75) is 6.92 Å². The predicted octanol–water partition coefficient (Wildman–Crippen LogP) is 3.38. The summed E-state index contributed by atoms with van der Waals surface area (Å²) in [6.45, 7) is 2.04. The number of hydrogen-bond acceptors (Lipinski definition) is 2. The van der Waals surface area contributed by atoms with Crippen molar-refractivity contribution in [3.8, 4) is 0 Å². The Kier molecular flexibility index (Phi) is 3.97. The highest BCUT2D eigenvalue weighted by atomic mass is 35.5. The number of hydrogen-bond donors (Lipinski definition) is 1. The Morgan fingerprint density at radius 2 is 1.53 bits per heavy atom. The molecule has 0 amide bonds. The molecule has 3 nitrogen and oxygen atoms in total. The SMILES string of the molecule is Cc1cc2cc(Cl)ccc2[nH]1.O=C1C=CC(=O)C=C1. The topological polar surface area (TPSA) is 49.9 Å². The largest absolute Gasteiger partial charge is 0.359 e. The average Bonchev–Trinajstić information content (AvgIpc) is 2.73. The number of H-pyrrole nitrogens is 1. The Bertz CT molecular complexity index is 657. The van der Waals surface area contributed by atoms with Crippen molar-refractivity contribution in [2.24, 2.45) is 0 Å². The Hall–Kier alpha value is -2.13. The molecular weight excluding hydrogens is 262 g/mol. The van der Waals surface area contributed by atoms with Crippen molar-refractivity contribution >= 4 is 34.1 Å². The molecule has 0 saturated heterocycles. The molecule has 3 rings (SSSR count). The van der Waals surface area contributed by atoms with Gasteiger partial charge < -0.3 is 4.98 Å². The fourth-order valence-corrected chi connectivity index (χ4v) is 1.87. The maximum Gasteiger partial charge on any atom is 0.178 e. The van der Waals surface area contributed by atoms with Gasteiger partial charge in [-0.05, 0) is 55.5 Å². The summed E-state index contributed by atoms with van der Waals surface area (Å²) in [6.07, 6.45) is 5.01. The number of aromatic amines is 1. The van der Waals surface area contributed by atoms with Crippen LogP contribution in [0.2, 0.25) is 5.02 Å². The van der Waals surface area contributed by atoms with Crippen molar-refractivity contribution in [3.63, 3.8) is 0 Å². The third-order valence-corrected chi connectivity index (χ3v) is 2.78. The van der Waals surface area contributed by atoms with Crippen molar-refractivity contribution in [2.75, 3.05) is 0 Å². The number of halogens is 1. The molecule has 0 radical (unpaired) electrons. The number of fused-ring (bicyclic) bond motifs is 1. The number of benzene rings is 1. The Balaban J connectivity index is 0.000000148. The fraction of sp³-hybridized carbons (Fsp3) is 0.0667. The summed E-state index contributed by atoms with van der Waals surface area (Å²) in [4.78, 5) is 23.8. The lowest BCUT2D eigenvalue weighted by molar-refractivity contribution is -0.113. The smallest absolute Gasteiger partial charge is 0.178 e. The van der Waals surface area contributed by atoms with Crippen LogP contribution in [0.1, 0.15) is 5.69 Å². The van der Waals surface area contributed by atoms with Gasteiger partial charge in [-0.25, -0.2) is 0 Å². The van der Waals surface area contributed by atoms with Crippen LogP contribution in [0.4, 0.5) is 0 Å². The van der Waals surface area contributed by atoms with Gasteiger partial charge in [0.05, 0.1) is 0 Å². The number of nitrogens with one attached hydrogen (secondary N) is 1. The molecule has 4 heteroatoms. The van der Waals surface area contributed by atoms with E-state index in [-0.39, 0.29) is 11.6 Å². The quantitative estimate of drug-likeness (QED) is 0.748. The highest BCUT2D eigenvalue weighted by Crippen LogP contribution is 2.19. The van der Waals surface area contributed by atoms with Crippen LogP contribution in [-0.2, 0) is 9.59 Å². The van der Waals surface area contributed by atoms with Gasteiger partial charge in [-0.1, -0.05) is 11.6 Å². The maximum absolute atomic E-state index is 10.3. The number of aromatic nitrogens is 1. The number of carbonyl (C=O) groups is 2. The summed E-state index contributed by atoms with van der Waals surface area (Å²) < 4.78 is 0. The van der Waals surface area contributed by atoms with E-state index in [1.165, 1.54) is 35.4 Å². The summed E-state index contributed by atoms with van der Waals surface area (Å²) in [7, 11) is 0. The minimum absolute atomic E-state index is 0.121. The molecule has 96 valence electrons. The van der Waals surface area contributed by atoms with E-state index in [0.29, 0.717) is 0 Å². The van der Waals surface area contributed by atoms with Crippen LogP contribution in [0.15, 0.2) is 48.6 Å². The molecule has 1 aromatic heterocycles. The van der Waals surface area contributed by atoms with E-state index in [1.54, 1.807) is 0 Å². The predicted molar refractivity (Wildman–Crippen MR) is 76.3 cm³/mol. The van der Waals surface area contributed by atoms with Crippen LogP contribution in [0.25, 0.3) is 10.9 Å². The maximum atomic E-state index is 10.3. The number of allylic oxidation sites excluding steroid dienone is 4. The van der Waals surface area contributed by atoms with Gasteiger partial charge in [0.1, 0.15) is 0 Å². The second kappa shape index (κ2) is 5.67. The average molecular weight is 274 g/mol. The second-order valence-electron chi connectivity index (χ2n) is 4.16. The fourth-order valence-electron chi connectivity index (χ4n) is 1.69. The van der Waals surface area contributed by atoms with Crippen LogP contribution in [0.5, 0.6) is 0 Å². The third kappa shape index (κ3) is 3.66. The Morgan fingerprint density at radius 1 is 0.947 bits per heavy atom. The van der Waals surface area contributed by atoms with Crippen LogP contribution in [-0.4, -0.2) is 16.6 Å². The molecule has 1 aliphatic rings. The van der Waals surface area contributed by atoms with Gasteiger partial charge in [0.25, 0.3) is 0 Å². The monoisotopic (exact) mass is 273 g/mol. The third-order valence-electron chi connectivity index (χ3n) is 2.54. The van der Waals surface area contributed by atoms with E-state index in [1.807, 2.05) is 25.1 Å². The highest BCUT2D eigenvalue weighted by molar-refractivity contribution is 6.31. The zero-order valence-corrected chi connectivity index (χ0v) is 11.1. The molecule has 19 heavy (non-hydrogen) atoms. The van der Waals surface area contributed by atoms with Crippen LogP contribution < -0.4 is 0 Å². The molecule has 1 aromatic carbocycles. The first kappa shape index (κ1) is 13.3. The lowest BCUT2D eigenvalue weighted by Gasteiger charge is -1.88. The molecule has 0 spiro atoms. The number of aryl methyl sites for hydroxylation is 1. The lowest BCUT2D eigenvalue weighted by Crippen LogP contribution is -1.97. The molecule has 0 bridgehead atoms. The number of carbonyl (C=O) groups excluding carboxylic acids is 2. The van der Waals surface area contributed by atoms with E-state index in [9.17, 15) is 9.59 Å². The van der Waals surface area contributed by atoms with Gasteiger partial charge >= 0.3 is 0 Å². The number of ketones is 2. The summed E-state index contributed by atoms with van der Waals surface area (Å²) in [5, 5.41) is 1.96. The van der Waals surface area contributed by atoms with Crippen molar-refractivity contribution in [3.05, 3.63) is 59.3 Å². The summed E-state index contributed by atoms with van der Waals surface area (Å²) >= 11 is 5.81. The van der Waals surface area contributed by atoms with Gasteiger partial charge in [0.15, 0.2) is 11.6 Å². The van der Waals surface area contributed by atoms with Gasteiger partial charge in [-0.15, -0.1) is 0 Å². The van der Waals surface area contributed by atoms with Crippen LogP contribution >= 0.6 is 11.6 Å². The first-order chi connectivity index (χ1) is 9.04. The van der Waals surface area contributed by atoms with Crippen molar-refractivity contribution in [1.29, 1.82) is 0 Å².